The van der Waals surface area contributed by atoms with Crippen molar-refractivity contribution in [1.82, 2.24) is 5.01 Å². The fourth-order valence-corrected chi connectivity index (χ4v) is 3.06. The van der Waals surface area contributed by atoms with Crippen LogP contribution in [0.3, 0.4) is 0 Å². The van der Waals surface area contributed by atoms with Gasteiger partial charge in [-0.15, -0.1) is 0 Å². The molecule has 0 saturated carbocycles. The van der Waals surface area contributed by atoms with Crippen molar-refractivity contribution in [3.63, 3.8) is 0 Å². The van der Waals surface area contributed by atoms with Crippen molar-refractivity contribution >= 4 is 29.2 Å². The molecule has 1 N–H and O–H groups in total. The number of carboxylic acid groups (broad SMARTS) is 1. The number of amides is 1. The van der Waals surface area contributed by atoms with Crippen LogP contribution in [0.4, 0.5) is 0 Å². The van der Waals surface area contributed by atoms with E-state index in [1.807, 2.05) is 43.3 Å². The molecule has 0 fully saturated rings. The van der Waals surface area contributed by atoms with Crippen molar-refractivity contribution in [3.05, 3.63) is 70.2 Å². The van der Waals surface area contributed by atoms with Gasteiger partial charge in [0.05, 0.1) is 18.2 Å². The topological polar surface area (TPSA) is 70.0 Å². The minimum atomic E-state index is -0.997. The number of hydrogen-bond donors (Lipinski definition) is 1. The molecule has 0 bridgehead atoms. The highest BCUT2D eigenvalue weighted by molar-refractivity contribution is 6.30. The highest BCUT2D eigenvalue weighted by atomic mass is 35.5. The predicted molar refractivity (Wildman–Crippen MR) is 100 cm³/mol. The van der Waals surface area contributed by atoms with Crippen LogP contribution in [0, 0.1) is 6.92 Å². The predicted octanol–water partition coefficient (Wildman–Crippen LogP) is 4.19. The minimum absolute atomic E-state index is 0.0793. The van der Waals surface area contributed by atoms with Crippen LogP contribution in [0.1, 0.15) is 42.0 Å². The second-order valence-electron chi connectivity index (χ2n) is 6.32. The first-order valence-electron chi connectivity index (χ1n) is 8.38. The number of hydrogen-bond acceptors (Lipinski definition) is 3. The molecule has 1 heterocycles. The van der Waals surface area contributed by atoms with Crippen LogP contribution in [0.15, 0.2) is 53.6 Å². The molecule has 0 saturated heterocycles. The zero-order valence-corrected chi connectivity index (χ0v) is 15.1. The third-order valence-electron chi connectivity index (χ3n) is 4.36. The lowest BCUT2D eigenvalue weighted by molar-refractivity contribution is -0.141. The zero-order chi connectivity index (χ0) is 18.7. The van der Waals surface area contributed by atoms with E-state index in [0.717, 1.165) is 22.4 Å². The fourth-order valence-electron chi connectivity index (χ4n) is 2.93. The largest absolute Gasteiger partial charge is 0.481 e. The van der Waals surface area contributed by atoms with E-state index in [-0.39, 0.29) is 24.8 Å². The van der Waals surface area contributed by atoms with E-state index in [4.69, 9.17) is 16.7 Å². The van der Waals surface area contributed by atoms with Crippen LogP contribution >= 0.6 is 11.6 Å². The molecule has 2 aromatic rings. The molecule has 0 aromatic heterocycles. The summed E-state index contributed by atoms with van der Waals surface area (Å²) >= 11 is 5.97. The van der Waals surface area contributed by atoms with Crippen LogP contribution in [0.5, 0.6) is 0 Å². The highest BCUT2D eigenvalue weighted by Gasteiger charge is 2.33. The van der Waals surface area contributed by atoms with Crippen molar-refractivity contribution in [2.45, 2.75) is 32.2 Å². The summed E-state index contributed by atoms with van der Waals surface area (Å²) < 4.78 is 0. The van der Waals surface area contributed by atoms with Gasteiger partial charge in [0.15, 0.2) is 0 Å². The average molecular weight is 371 g/mol. The van der Waals surface area contributed by atoms with Gasteiger partial charge in [0.25, 0.3) is 0 Å². The number of hydrazone groups is 1. The van der Waals surface area contributed by atoms with Crippen LogP contribution in [0.25, 0.3) is 0 Å². The number of carbonyl (C=O) groups is 2. The molecule has 1 aliphatic heterocycles. The molecule has 5 nitrogen and oxygen atoms in total. The Balaban J connectivity index is 1.89. The lowest BCUT2D eigenvalue weighted by atomic mass is 9.98. The average Bonchev–Trinajstić information content (AvgIpc) is 3.06. The van der Waals surface area contributed by atoms with Crippen LogP contribution in [-0.2, 0) is 9.59 Å². The third-order valence-corrected chi connectivity index (χ3v) is 4.61. The van der Waals surface area contributed by atoms with Gasteiger partial charge in [-0.05, 0) is 30.2 Å². The summed E-state index contributed by atoms with van der Waals surface area (Å²) in [6.45, 7) is 2.01. The van der Waals surface area contributed by atoms with E-state index in [2.05, 4.69) is 5.10 Å². The monoisotopic (exact) mass is 370 g/mol. The summed E-state index contributed by atoms with van der Waals surface area (Å²) in [5, 5.41) is 15.4. The molecule has 2 aromatic carbocycles. The number of aliphatic carboxylic acids is 1. The molecule has 1 unspecified atom stereocenters. The van der Waals surface area contributed by atoms with Crippen LogP contribution < -0.4 is 0 Å². The fraction of sp³-hybridized carbons (Fsp3) is 0.250. The molecular weight excluding hydrogens is 352 g/mol. The summed E-state index contributed by atoms with van der Waals surface area (Å²) in [5.74, 6) is -1.29. The Hall–Kier alpha value is -2.66. The van der Waals surface area contributed by atoms with Crippen molar-refractivity contribution in [2.24, 2.45) is 5.10 Å². The maximum atomic E-state index is 12.6. The molecule has 1 aliphatic rings. The number of rotatable bonds is 5. The van der Waals surface area contributed by atoms with Gasteiger partial charge in [-0.3, -0.25) is 9.59 Å². The number of halogens is 1. The Morgan fingerprint density at radius 1 is 1.12 bits per heavy atom. The lowest BCUT2D eigenvalue weighted by Crippen LogP contribution is -2.27. The zero-order valence-electron chi connectivity index (χ0n) is 14.4. The Kier molecular flexibility index (Phi) is 5.38. The standard InChI is InChI=1S/C20H19ClN2O3/c1-13-2-4-14(5-3-13)17-12-18(15-6-8-16(21)9-7-15)23(22-17)19(24)10-11-20(25)26/h2-9,18H,10-12H2,1H3,(H,25,26). The van der Waals surface area contributed by atoms with Crippen LogP contribution in [0.2, 0.25) is 5.02 Å². The molecule has 1 amide bonds. The number of aryl methyl sites for hydroxylation is 1. The van der Waals surface area contributed by atoms with Gasteiger partial charge in [0, 0.05) is 17.9 Å². The Bertz CT molecular complexity index is 844. The molecule has 3 rings (SSSR count). The van der Waals surface area contributed by atoms with E-state index in [1.54, 1.807) is 12.1 Å². The first-order valence-corrected chi connectivity index (χ1v) is 8.75. The molecule has 0 radical (unpaired) electrons. The molecule has 26 heavy (non-hydrogen) atoms. The summed E-state index contributed by atoms with van der Waals surface area (Å²) in [7, 11) is 0. The van der Waals surface area contributed by atoms with E-state index in [0.29, 0.717) is 11.4 Å². The Morgan fingerprint density at radius 2 is 1.77 bits per heavy atom. The van der Waals surface area contributed by atoms with Crippen molar-refractivity contribution in [3.8, 4) is 0 Å². The molecule has 134 valence electrons. The van der Waals surface area contributed by atoms with E-state index >= 15 is 0 Å². The molecule has 1 atom stereocenters. The van der Waals surface area contributed by atoms with Gasteiger partial charge in [0.1, 0.15) is 0 Å². The minimum Gasteiger partial charge on any atom is -0.481 e. The number of nitrogens with zero attached hydrogens (tertiary/aromatic N) is 2. The number of benzene rings is 2. The SMILES string of the molecule is Cc1ccc(C2=NN(C(=O)CCC(=O)O)C(c3ccc(Cl)cc3)C2)cc1. The molecular formula is C20H19ClN2O3. The highest BCUT2D eigenvalue weighted by Crippen LogP contribution is 2.34. The molecule has 0 aliphatic carbocycles. The summed E-state index contributed by atoms with van der Waals surface area (Å²) in [4.78, 5) is 23.4. The van der Waals surface area contributed by atoms with Gasteiger partial charge in [-0.25, -0.2) is 5.01 Å². The first kappa shape index (κ1) is 18.1. The Labute approximate surface area is 156 Å². The van der Waals surface area contributed by atoms with Gasteiger partial charge < -0.3 is 5.11 Å². The van der Waals surface area contributed by atoms with Crippen molar-refractivity contribution < 1.29 is 14.7 Å². The second kappa shape index (κ2) is 7.70. The Morgan fingerprint density at radius 3 is 2.38 bits per heavy atom. The van der Waals surface area contributed by atoms with Crippen LogP contribution in [-0.4, -0.2) is 27.7 Å². The summed E-state index contributed by atoms with van der Waals surface area (Å²) in [5.41, 5.74) is 3.84. The number of carbonyl (C=O) groups excluding carboxylic acids is 1. The van der Waals surface area contributed by atoms with Gasteiger partial charge in [-0.1, -0.05) is 53.6 Å². The molecule has 6 heteroatoms. The lowest BCUT2D eigenvalue weighted by Gasteiger charge is -2.22. The second-order valence-corrected chi connectivity index (χ2v) is 6.75. The maximum Gasteiger partial charge on any atom is 0.303 e. The quantitative estimate of drug-likeness (QED) is 0.857. The van der Waals surface area contributed by atoms with E-state index < -0.39 is 5.97 Å². The van der Waals surface area contributed by atoms with Gasteiger partial charge >= 0.3 is 5.97 Å². The van der Waals surface area contributed by atoms with Crippen molar-refractivity contribution in [1.29, 1.82) is 0 Å². The summed E-state index contributed by atoms with van der Waals surface area (Å²) in [6, 6.07) is 15.0. The van der Waals surface area contributed by atoms with E-state index in [9.17, 15) is 9.59 Å². The van der Waals surface area contributed by atoms with Gasteiger partial charge in [0.2, 0.25) is 5.91 Å². The summed E-state index contributed by atoms with van der Waals surface area (Å²) in [6.07, 6.45) is 0.283. The van der Waals surface area contributed by atoms with Crippen molar-refractivity contribution in [2.75, 3.05) is 0 Å². The van der Waals surface area contributed by atoms with E-state index in [1.165, 1.54) is 5.01 Å². The number of carboxylic acids is 1. The van der Waals surface area contributed by atoms with Gasteiger partial charge in [-0.2, -0.15) is 5.10 Å². The first-order chi connectivity index (χ1) is 12.4. The third kappa shape index (κ3) is 4.11. The normalized spacial score (nSPS) is 16.5. The molecule has 0 spiro atoms. The maximum absolute atomic E-state index is 12.6. The smallest absolute Gasteiger partial charge is 0.303 e.